The number of alkyl halides is 2. The van der Waals surface area contributed by atoms with Gasteiger partial charge in [-0.1, -0.05) is 37.0 Å². The highest BCUT2D eigenvalue weighted by molar-refractivity contribution is 6.31. The average molecular weight is 607 g/mol. The summed E-state index contributed by atoms with van der Waals surface area (Å²) in [5.41, 5.74) is 1.39. The van der Waals surface area contributed by atoms with Gasteiger partial charge >= 0.3 is 5.92 Å². The molecule has 4 aromatic rings. The number of amides is 1. The number of carbonyl (C=O) groups excluding carboxylic acids is 1. The van der Waals surface area contributed by atoms with Crippen molar-refractivity contribution in [2.45, 2.75) is 51.4 Å². The Morgan fingerprint density at radius 2 is 2.05 bits per heavy atom. The summed E-state index contributed by atoms with van der Waals surface area (Å²) >= 11 is 12.1. The Balaban J connectivity index is 1.14. The van der Waals surface area contributed by atoms with Crippen LogP contribution in [-0.2, 0) is 20.9 Å². The fourth-order valence-corrected chi connectivity index (χ4v) is 5.75. The molecule has 5 rings (SSSR count). The molecule has 2 atom stereocenters. The SMILES string of the molecule is Cc1nc(C(F)(F)CCCOCC(=O)N2CCC(C)(c3cc(Cl)c[nH]c3=O)C(C)C2)nc2c1oc1cc(Cl)ccc12. The second-order valence-corrected chi connectivity index (χ2v) is 11.8. The van der Waals surface area contributed by atoms with E-state index in [1.807, 2.05) is 13.8 Å². The van der Waals surface area contributed by atoms with E-state index < -0.39 is 23.6 Å². The molecule has 2 unspecified atom stereocenters. The van der Waals surface area contributed by atoms with Crippen LogP contribution < -0.4 is 5.56 Å². The Hall–Kier alpha value is -3.08. The second-order valence-electron chi connectivity index (χ2n) is 10.9. The maximum atomic E-state index is 15.1. The maximum absolute atomic E-state index is 15.1. The van der Waals surface area contributed by atoms with Crippen molar-refractivity contribution in [1.29, 1.82) is 0 Å². The summed E-state index contributed by atoms with van der Waals surface area (Å²) in [4.78, 5) is 37.7. The Kier molecular flexibility index (Phi) is 8.11. The van der Waals surface area contributed by atoms with Crippen molar-refractivity contribution < 1.29 is 22.7 Å². The highest BCUT2D eigenvalue weighted by atomic mass is 35.5. The molecule has 1 aliphatic rings. The Labute approximate surface area is 245 Å². The number of ether oxygens (including phenoxy) is 1. The number of nitrogens with one attached hydrogen (secondary N) is 1. The van der Waals surface area contributed by atoms with Crippen LogP contribution in [0, 0.1) is 12.8 Å². The Morgan fingerprint density at radius 3 is 2.80 bits per heavy atom. The predicted molar refractivity (Wildman–Crippen MR) is 153 cm³/mol. The van der Waals surface area contributed by atoms with E-state index in [1.54, 1.807) is 36.1 Å². The molecule has 12 heteroatoms. The molecule has 1 aliphatic heterocycles. The number of pyridine rings is 1. The smallest absolute Gasteiger partial charge is 0.306 e. The fourth-order valence-electron chi connectivity index (χ4n) is 5.42. The standard InChI is InChI=1S/C29H30Cl2F2N4O4/c1-16-14-37(9-8-28(16,3)21-11-19(31)13-34-26(21)39)23(38)15-40-10-4-7-29(32,33)27-35-17(2)25-24(36-27)20-6-5-18(30)12-22(20)41-25/h5-6,11-13,16H,4,7-10,14-15H2,1-3H3,(H,34,39). The van der Waals surface area contributed by atoms with Crippen molar-refractivity contribution in [3.8, 4) is 0 Å². The third-order valence-corrected chi connectivity index (χ3v) is 8.55. The number of furan rings is 1. The number of aromatic nitrogens is 3. The number of nitrogens with zero attached hydrogens (tertiary/aromatic N) is 3. The third-order valence-electron chi connectivity index (χ3n) is 8.10. The highest BCUT2D eigenvalue weighted by Crippen LogP contribution is 2.39. The number of piperidine rings is 1. The lowest BCUT2D eigenvalue weighted by Gasteiger charge is -2.44. The summed E-state index contributed by atoms with van der Waals surface area (Å²) in [6, 6.07) is 6.63. The van der Waals surface area contributed by atoms with E-state index in [9.17, 15) is 9.59 Å². The van der Waals surface area contributed by atoms with Gasteiger partial charge in [0.15, 0.2) is 11.4 Å². The molecule has 0 radical (unpaired) electrons. The normalized spacial score (nSPS) is 19.8. The van der Waals surface area contributed by atoms with Gasteiger partial charge in [-0.2, -0.15) is 8.78 Å². The number of aryl methyl sites for hydroxylation is 1. The van der Waals surface area contributed by atoms with Gasteiger partial charge < -0.3 is 19.0 Å². The monoisotopic (exact) mass is 606 g/mol. The van der Waals surface area contributed by atoms with Gasteiger partial charge in [-0.15, -0.1) is 0 Å². The van der Waals surface area contributed by atoms with Gasteiger partial charge in [0.05, 0.1) is 10.7 Å². The molecule has 1 fully saturated rings. The first-order valence-electron chi connectivity index (χ1n) is 13.4. The Bertz CT molecular complexity index is 1670. The number of hydrogen-bond acceptors (Lipinski definition) is 6. The summed E-state index contributed by atoms with van der Waals surface area (Å²) in [5.74, 6) is -4.11. The first-order valence-corrected chi connectivity index (χ1v) is 14.1. The summed E-state index contributed by atoms with van der Waals surface area (Å²) < 4.78 is 41.4. The average Bonchev–Trinajstić information content (AvgIpc) is 3.29. The van der Waals surface area contributed by atoms with Crippen LogP contribution in [0.15, 0.2) is 39.7 Å². The van der Waals surface area contributed by atoms with Crippen LogP contribution in [0.5, 0.6) is 0 Å². The van der Waals surface area contributed by atoms with E-state index in [1.165, 1.54) is 6.20 Å². The third kappa shape index (κ3) is 5.82. The van der Waals surface area contributed by atoms with Gasteiger partial charge in [0.2, 0.25) is 5.91 Å². The zero-order valence-electron chi connectivity index (χ0n) is 22.9. The molecule has 0 bridgehead atoms. The zero-order valence-corrected chi connectivity index (χ0v) is 24.4. The molecule has 1 amide bonds. The van der Waals surface area contributed by atoms with Crippen molar-refractivity contribution in [2.24, 2.45) is 5.92 Å². The molecule has 4 heterocycles. The molecular weight excluding hydrogens is 577 g/mol. The summed E-state index contributed by atoms with van der Waals surface area (Å²) in [6.45, 7) is 6.25. The van der Waals surface area contributed by atoms with E-state index in [4.69, 9.17) is 32.4 Å². The van der Waals surface area contributed by atoms with E-state index in [0.717, 1.165) is 0 Å². The minimum Gasteiger partial charge on any atom is -0.452 e. The van der Waals surface area contributed by atoms with Gasteiger partial charge in [0, 0.05) is 59.8 Å². The van der Waals surface area contributed by atoms with E-state index in [0.29, 0.717) is 62.9 Å². The zero-order chi connectivity index (χ0) is 29.5. The number of rotatable bonds is 8. The van der Waals surface area contributed by atoms with Crippen molar-refractivity contribution in [3.05, 3.63) is 67.9 Å². The number of benzene rings is 1. The highest BCUT2D eigenvalue weighted by Gasteiger charge is 2.41. The maximum Gasteiger partial charge on any atom is 0.306 e. The molecule has 218 valence electrons. The van der Waals surface area contributed by atoms with E-state index >= 15 is 8.78 Å². The number of carbonyl (C=O) groups is 1. The number of hydrogen-bond donors (Lipinski definition) is 1. The van der Waals surface area contributed by atoms with Crippen LogP contribution in [0.1, 0.15) is 50.2 Å². The summed E-state index contributed by atoms with van der Waals surface area (Å²) in [7, 11) is 0. The Morgan fingerprint density at radius 1 is 1.27 bits per heavy atom. The van der Waals surface area contributed by atoms with Crippen LogP contribution in [0.3, 0.4) is 0 Å². The van der Waals surface area contributed by atoms with E-state index in [-0.39, 0.29) is 37.0 Å². The molecule has 1 saturated heterocycles. The number of H-pyrrole nitrogens is 1. The first kappa shape index (κ1) is 29.4. The second kappa shape index (κ2) is 11.3. The van der Waals surface area contributed by atoms with Crippen molar-refractivity contribution in [2.75, 3.05) is 26.3 Å². The largest absolute Gasteiger partial charge is 0.452 e. The first-order chi connectivity index (χ1) is 19.4. The van der Waals surface area contributed by atoms with Gasteiger partial charge in [-0.3, -0.25) is 9.59 Å². The minimum absolute atomic E-state index is 0.00842. The predicted octanol–water partition coefficient (Wildman–Crippen LogP) is 6.39. The lowest BCUT2D eigenvalue weighted by molar-refractivity contribution is -0.139. The van der Waals surface area contributed by atoms with Gasteiger partial charge in [0.25, 0.3) is 5.56 Å². The number of likely N-dealkylation sites (tertiary alicyclic amines) is 1. The summed E-state index contributed by atoms with van der Waals surface area (Å²) in [5, 5.41) is 1.50. The number of halogens is 4. The van der Waals surface area contributed by atoms with Gasteiger partial charge in [0.1, 0.15) is 17.7 Å². The molecule has 3 aromatic heterocycles. The summed E-state index contributed by atoms with van der Waals surface area (Å²) in [6.07, 6.45) is 1.51. The lowest BCUT2D eigenvalue weighted by Crippen LogP contribution is -2.51. The van der Waals surface area contributed by atoms with Crippen molar-refractivity contribution in [1.82, 2.24) is 19.9 Å². The van der Waals surface area contributed by atoms with Crippen LogP contribution in [-0.4, -0.2) is 52.1 Å². The van der Waals surface area contributed by atoms with Crippen molar-refractivity contribution in [3.63, 3.8) is 0 Å². The van der Waals surface area contributed by atoms with Crippen LogP contribution in [0.2, 0.25) is 10.0 Å². The molecular formula is C29H30Cl2F2N4O4. The van der Waals surface area contributed by atoms with E-state index in [2.05, 4.69) is 15.0 Å². The molecule has 0 saturated carbocycles. The molecule has 0 aliphatic carbocycles. The molecule has 41 heavy (non-hydrogen) atoms. The van der Waals surface area contributed by atoms with Crippen LogP contribution >= 0.6 is 23.2 Å². The minimum atomic E-state index is -3.30. The number of aromatic amines is 1. The topological polar surface area (TPSA) is 101 Å². The molecule has 1 aromatic carbocycles. The quantitative estimate of drug-likeness (QED) is 0.233. The van der Waals surface area contributed by atoms with Gasteiger partial charge in [-0.25, -0.2) is 9.97 Å². The molecule has 1 N–H and O–H groups in total. The molecule has 8 nitrogen and oxygen atoms in total. The van der Waals surface area contributed by atoms with Crippen molar-refractivity contribution >= 4 is 51.2 Å². The van der Waals surface area contributed by atoms with Crippen LogP contribution in [0.25, 0.3) is 22.1 Å². The fraction of sp³-hybridized carbons (Fsp3) is 0.448. The molecule has 0 spiro atoms. The van der Waals surface area contributed by atoms with Gasteiger partial charge in [-0.05, 0) is 43.9 Å². The van der Waals surface area contributed by atoms with Crippen LogP contribution in [0.4, 0.5) is 8.78 Å². The lowest BCUT2D eigenvalue weighted by atomic mass is 9.68. The number of fused-ring (bicyclic) bond motifs is 3.